The zero-order valence-corrected chi connectivity index (χ0v) is 12.0. The molecule has 0 aliphatic rings. The number of amides is 1. The van der Waals surface area contributed by atoms with Crippen LogP contribution < -0.4 is 15.8 Å². The summed E-state index contributed by atoms with van der Waals surface area (Å²) in [5, 5.41) is 3.43. The van der Waals surface area contributed by atoms with Gasteiger partial charge in [0.2, 0.25) is 5.91 Å². The first-order valence-electron chi connectivity index (χ1n) is 6.80. The van der Waals surface area contributed by atoms with Crippen LogP contribution in [0.4, 0.5) is 0 Å². The van der Waals surface area contributed by atoms with Crippen molar-refractivity contribution in [3.63, 3.8) is 0 Å². The second-order valence-corrected chi connectivity index (χ2v) is 4.86. The summed E-state index contributed by atoms with van der Waals surface area (Å²) >= 11 is 0. The Morgan fingerprint density at radius 1 is 1.32 bits per heavy atom. The number of nitrogens with one attached hydrogen (secondary N) is 1. The third-order valence-electron chi connectivity index (χ3n) is 3.07. The van der Waals surface area contributed by atoms with Gasteiger partial charge in [0, 0.05) is 6.04 Å². The zero-order chi connectivity index (χ0) is 14.3. The maximum absolute atomic E-state index is 10.9. The third kappa shape index (κ3) is 5.30. The Morgan fingerprint density at radius 2 is 1.95 bits per heavy atom. The molecule has 3 N–H and O–H groups in total. The van der Waals surface area contributed by atoms with E-state index in [0.717, 1.165) is 18.7 Å². The van der Waals surface area contributed by atoms with E-state index in [1.807, 2.05) is 24.3 Å². The maximum atomic E-state index is 10.9. The van der Waals surface area contributed by atoms with Gasteiger partial charge in [-0.05, 0) is 37.6 Å². The van der Waals surface area contributed by atoms with Crippen molar-refractivity contribution in [1.29, 1.82) is 0 Å². The Hall–Kier alpha value is -1.55. The van der Waals surface area contributed by atoms with Gasteiger partial charge in [-0.15, -0.1) is 0 Å². The molecule has 0 aromatic heterocycles. The predicted molar refractivity (Wildman–Crippen MR) is 77.0 cm³/mol. The van der Waals surface area contributed by atoms with Gasteiger partial charge < -0.3 is 15.8 Å². The standard InChI is InChI=1S/C15H24N2O2/c1-4-9-17-12(3)13-5-7-14(8-6-13)19-10-11(2)15(16)18/h5-8,11-12,17H,4,9-10H2,1-3H3,(H2,16,18). The molecule has 0 saturated carbocycles. The highest BCUT2D eigenvalue weighted by Crippen LogP contribution is 2.18. The molecule has 106 valence electrons. The van der Waals surface area contributed by atoms with E-state index in [0.29, 0.717) is 12.6 Å². The van der Waals surface area contributed by atoms with E-state index in [1.54, 1.807) is 6.92 Å². The van der Waals surface area contributed by atoms with Crippen LogP contribution in [-0.4, -0.2) is 19.1 Å². The lowest BCUT2D eigenvalue weighted by Gasteiger charge is -2.15. The maximum Gasteiger partial charge on any atom is 0.223 e. The molecule has 0 aliphatic heterocycles. The second-order valence-electron chi connectivity index (χ2n) is 4.86. The SMILES string of the molecule is CCCNC(C)c1ccc(OCC(C)C(N)=O)cc1. The van der Waals surface area contributed by atoms with Crippen molar-refractivity contribution in [2.75, 3.05) is 13.2 Å². The predicted octanol–water partition coefficient (Wildman–Crippen LogP) is 2.25. The second kappa shape index (κ2) is 7.79. The smallest absolute Gasteiger partial charge is 0.223 e. The van der Waals surface area contributed by atoms with E-state index in [2.05, 4.69) is 19.2 Å². The Kier molecular flexibility index (Phi) is 6.36. The first-order valence-corrected chi connectivity index (χ1v) is 6.80. The number of rotatable bonds is 8. The number of hydrogen-bond donors (Lipinski definition) is 2. The minimum absolute atomic E-state index is 0.273. The molecule has 0 saturated heterocycles. The molecular formula is C15H24N2O2. The number of benzene rings is 1. The summed E-state index contributed by atoms with van der Waals surface area (Å²) in [6, 6.07) is 8.26. The zero-order valence-electron chi connectivity index (χ0n) is 12.0. The average molecular weight is 264 g/mol. The molecule has 19 heavy (non-hydrogen) atoms. The molecule has 0 aliphatic carbocycles. The van der Waals surface area contributed by atoms with Gasteiger partial charge in [0.1, 0.15) is 5.75 Å². The molecule has 1 amide bonds. The lowest BCUT2D eigenvalue weighted by molar-refractivity contribution is -0.122. The van der Waals surface area contributed by atoms with E-state index in [-0.39, 0.29) is 11.8 Å². The lowest BCUT2D eigenvalue weighted by Crippen LogP contribution is -2.25. The summed E-state index contributed by atoms with van der Waals surface area (Å²) in [5.41, 5.74) is 6.41. The van der Waals surface area contributed by atoms with E-state index < -0.39 is 0 Å². The molecule has 0 spiro atoms. The van der Waals surface area contributed by atoms with Gasteiger partial charge in [-0.25, -0.2) is 0 Å². The van der Waals surface area contributed by atoms with Crippen molar-refractivity contribution in [2.24, 2.45) is 11.7 Å². The van der Waals surface area contributed by atoms with Crippen molar-refractivity contribution in [3.8, 4) is 5.75 Å². The molecule has 2 atom stereocenters. The quantitative estimate of drug-likeness (QED) is 0.757. The Labute approximate surface area is 115 Å². The first-order chi connectivity index (χ1) is 9.04. The monoisotopic (exact) mass is 264 g/mol. The number of nitrogens with two attached hydrogens (primary N) is 1. The van der Waals surface area contributed by atoms with Crippen molar-refractivity contribution in [2.45, 2.75) is 33.2 Å². The average Bonchev–Trinajstić information content (AvgIpc) is 2.42. The van der Waals surface area contributed by atoms with E-state index in [9.17, 15) is 4.79 Å². The molecule has 0 bridgehead atoms. The van der Waals surface area contributed by atoms with Gasteiger partial charge in [0.05, 0.1) is 12.5 Å². The number of ether oxygens (including phenoxy) is 1. The molecule has 2 unspecified atom stereocenters. The number of carbonyl (C=O) groups is 1. The Morgan fingerprint density at radius 3 is 2.47 bits per heavy atom. The van der Waals surface area contributed by atoms with Crippen LogP contribution in [0.2, 0.25) is 0 Å². The fourth-order valence-corrected chi connectivity index (χ4v) is 1.63. The molecule has 0 heterocycles. The van der Waals surface area contributed by atoms with E-state index >= 15 is 0 Å². The number of carbonyl (C=O) groups excluding carboxylic acids is 1. The minimum atomic E-state index is -0.339. The van der Waals surface area contributed by atoms with Crippen LogP contribution in [0.15, 0.2) is 24.3 Å². The topological polar surface area (TPSA) is 64.3 Å². The van der Waals surface area contributed by atoms with Crippen LogP contribution in [0.25, 0.3) is 0 Å². The largest absolute Gasteiger partial charge is 0.493 e. The fourth-order valence-electron chi connectivity index (χ4n) is 1.63. The van der Waals surface area contributed by atoms with Crippen LogP contribution in [0, 0.1) is 5.92 Å². The first kappa shape index (κ1) is 15.5. The molecule has 1 rings (SSSR count). The summed E-state index contributed by atoms with van der Waals surface area (Å²) < 4.78 is 5.52. The molecule has 4 nitrogen and oxygen atoms in total. The van der Waals surface area contributed by atoms with Crippen molar-refractivity contribution >= 4 is 5.91 Å². The molecule has 4 heteroatoms. The van der Waals surface area contributed by atoms with Gasteiger partial charge in [-0.2, -0.15) is 0 Å². The van der Waals surface area contributed by atoms with Gasteiger partial charge in [-0.1, -0.05) is 26.0 Å². The molecule has 1 aromatic carbocycles. The van der Waals surface area contributed by atoms with Gasteiger partial charge in [-0.3, -0.25) is 4.79 Å². The summed E-state index contributed by atoms with van der Waals surface area (Å²) in [6.45, 7) is 7.37. The van der Waals surface area contributed by atoms with Crippen molar-refractivity contribution in [3.05, 3.63) is 29.8 Å². The van der Waals surface area contributed by atoms with Gasteiger partial charge in [0.15, 0.2) is 0 Å². The Bertz CT molecular complexity index is 390. The van der Waals surface area contributed by atoms with Crippen LogP contribution >= 0.6 is 0 Å². The normalized spacial score (nSPS) is 13.8. The van der Waals surface area contributed by atoms with Crippen molar-refractivity contribution in [1.82, 2.24) is 5.32 Å². The van der Waals surface area contributed by atoms with E-state index in [1.165, 1.54) is 5.56 Å². The van der Waals surface area contributed by atoms with Crippen LogP contribution in [0.3, 0.4) is 0 Å². The summed E-state index contributed by atoms with van der Waals surface area (Å²) in [6.07, 6.45) is 1.12. The lowest BCUT2D eigenvalue weighted by atomic mass is 10.1. The third-order valence-corrected chi connectivity index (χ3v) is 3.07. The summed E-state index contributed by atoms with van der Waals surface area (Å²) in [4.78, 5) is 10.9. The molecule has 0 radical (unpaired) electrons. The van der Waals surface area contributed by atoms with Gasteiger partial charge in [0.25, 0.3) is 0 Å². The van der Waals surface area contributed by atoms with Crippen molar-refractivity contribution < 1.29 is 9.53 Å². The van der Waals surface area contributed by atoms with E-state index in [4.69, 9.17) is 10.5 Å². The molecule has 0 fully saturated rings. The van der Waals surface area contributed by atoms with Crippen LogP contribution in [0.5, 0.6) is 5.75 Å². The van der Waals surface area contributed by atoms with Crippen LogP contribution in [-0.2, 0) is 4.79 Å². The molecular weight excluding hydrogens is 240 g/mol. The van der Waals surface area contributed by atoms with Gasteiger partial charge >= 0.3 is 0 Å². The number of hydrogen-bond acceptors (Lipinski definition) is 3. The fraction of sp³-hybridized carbons (Fsp3) is 0.533. The Balaban J connectivity index is 2.49. The highest BCUT2D eigenvalue weighted by Gasteiger charge is 2.09. The van der Waals surface area contributed by atoms with Crippen LogP contribution in [0.1, 0.15) is 38.8 Å². The number of primary amides is 1. The highest BCUT2D eigenvalue weighted by atomic mass is 16.5. The summed E-state index contributed by atoms with van der Waals surface area (Å²) in [5.74, 6) is 0.151. The molecule has 1 aromatic rings. The highest BCUT2D eigenvalue weighted by molar-refractivity contribution is 5.76. The minimum Gasteiger partial charge on any atom is -0.493 e. The summed E-state index contributed by atoms with van der Waals surface area (Å²) in [7, 11) is 0.